The molecule has 6 heteroatoms. The van der Waals surface area contributed by atoms with E-state index < -0.39 is 11.6 Å². The zero-order chi connectivity index (χ0) is 11.7. The summed E-state index contributed by atoms with van der Waals surface area (Å²) in [7, 11) is 0. The molecule has 2 nitrogen and oxygen atoms in total. The highest BCUT2D eigenvalue weighted by Crippen LogP contribution is 2.32. The Morgan fingerprint density at radius 2 is 1.81 bits per heavy atom. The van der Waals surface area contributed by atoms with Crippen LogP contribution in [0.4, 0.5) is 8.78 Å². The zero-order valence-corrected chi connectivity index (χ0v) is 10.1. The normalized spacial score (nSPS) is 10.5. The smallest absolute Gasteiger partial charge is 0.155 e. The molecule has 1 aromatic carbocycles. The van der Waals surface area contributed by atoms with E-state index in [1.165, 1.54) is 18.5 Å². The Bertz CT molecular complexity index is 548. The van der Waals surface area contributed by atoms with Crippen molar-refractivity contribution in [2.24, 2.45) is 0 Å². The van der Waals surface area contributed by atoms with Gasteiger partial charge in [-0.05, 0) is 28.1 Å². The number of aromatic nitrogens is 2. The molecule has 0 aliphatic heterocycles. The standard InChI is InChI=1S/C10H4BrClF2N2/c11-5-1-2-6(13)7(8(5)14)9-10(12)16-4-3-15-9/h1-4H. The van der Waals surface area contributed by atoms with E-state index in [0.29, 0.717) is 0 Å². The number of hydrogen-bond donors (Lipinski definition) is 0. The van der Waals surface area contributed by atoms with Gasteiger partial charge in [-0.3, -0.25) is 4.98 Å². The third-order valence-corrected chi connectivity index (χ3v) is 2.82. The fourth-order valence-electron chi connectivity index (χ4n) is 1.23. The third-order valence-electron chi connectivity index (χ3n) is 1.93. The van der Waals surface area contributed by atoms with Gasteiger partial charge in [0.2, 0.25) is 0 Å². The lowest BCUT2D eigenvalue weighted by atomic mass is 10.1. The van der Waals surface area contributed by atoms with Crippen LogP contribution in [0.5, 0.6) is 0 Å². The van der Waals surface area contributed by atoms with Crippen molar-refractivity contribution in [1.29, 1.82) is 0 Å². The lowest BCUT2D eigenvalue weighted by molar-refractivity contribution is 0.584. The van der Waals surface area contributed by atoms with E-state index in [1.807, 2.05) is 0 Å². The Morgan fingerprint density at radius 1 is 1.12 bits per heavy atom. The number of benzene rings is 1. The number of rotatable bonds is 1. The van der Waals surface area contributed by atoms with Crippen molar-refractivity contribution < 1.29 is 8.78 Å². The monoisotopic (exact) mass is 304 g/mol. The maximum atomic E-state index is 13.7. The fraction of sp³-hybridized carbons (Fsp3) is 0. The molecule has 0 aliphatic rings. The molecule has 0 fully saturated rings. The first-order chi connectivity index (χ1) is 7.61. The van der Waals surface area contributed by atoms with E-state index in [4.69, 9.17) is 11.6 Å². The highest BCUT2D eigenvalue weighted by molar-refractivity contribution is 9.10. The van der Waals surface area contributed by atoms with Gasteiger partial charge in [0, 0.05) is 12.4 Å². The molecule has 16 heavy (non-hydrogen) atoms. The maximum Gasteiger partial charge on any atom is 0.155 e. The van der Waals surface area contributed by atoms with E-state index in [0.717, 1.165) is 6.07 Å². The van der Waals surface area contributed by atoms with Gasteiger partial charge in [0.1, 0.15) is 17.3 Å². The van der Waals surface area contributed by atoms with Crippen LogP contribution < -0.4 is 0 Å². The highest BCUT2D eigenvalue weighted by Gasteiger charge is 2.18. The molecule has 0 unspecified atom stereocenters. The lowest BCUT2D eigenvalue weighted by Gasteiger charge is -2.06. The Morgan fingerprint density at radius 3 is 2.50 bits per heavy atom. The molecule has 2 rings (SSSR count). The van der Waals surface area contributed by atoms with Crippen molar-refractivity contribution in [2.75, 3.05) is 0 Å². The van der Waals surface area contributed by atoms with Gasteiger partial charge in [-0.1, -0.05) is 11.6 Å². The van der Waals surface area contributed by atoms with Gasteiger partial charge in [-0.25, -0.2) is 13.8 Å². The summed E-state index contributed by atoms with van der Waals surface area (Å²) in [5.74, 6) is -1.48. The fourth-order valence-corrected chi connectivity index (χ4v) is 1.76. The van der Waals surface area contributed by atoms with Gasteiger partial charge in [0.05, 0.1) is 10.0 Å². The largest absolute Gasteiger partial charge is 0.251 e. The first kappa shape index (κ1) is 11.4. The minimum atomic E-state index is -0.748. The summed E-state index contributed by atoms with van der Waals surface area (Å²) in [5, 5.41) is -0.0431. The molecular formula is C10H4BrClF2N2. The zero-order valence-electron chi connectivity index (χ0n) is 7.72. The first-order valence-corrected chi connectivity index (χ1v) is 5.38. The lowest BCUT2D eigenvalue weighted by Crippen LogP contribution is -1.95. The molecule has 0 amide bonds. The van der Waals surface area contributed by atoms with Crippen molar-refractivity contribution in [2.45, 2.75) is 0 Å². The third kappa shape index (κ3) is 1.92. The average Bonchev–Trinajstić information content (AvgIpc) is 2.27. The van der Waals surface area contributed by atoms with Crippen LogP contribution in [0.1, 0.15) is 0 Å². The summed E-state index contributed by atoms with van der Waals surface area (Å²) in [6, 6.07) is 2.41. The van der Waals surface area contributed by atoms with Crippen LogP contribution in [0, 0.1) is 11.6 Å². The van der Waals surface area contributed by atoms with E-state index in [2.05, 4.69) is 25.9 Å². The molecule has 0 bridgehead atoms. The van der Waals surface area contributed by atoms with Crippen LogP contribution >= 0.6 is 27.5 Å². The van der Waals surface area contributed by atoms with Gasteiger partial charge in [0.15, 0.2) is 5.15 Å². The number of nitrogens with zero attached hydrogens (tertiary/aromatic N) is 2. The molecule has 0 spiro atoms. The van der Waals surface area contributed by atoms with Crippen LogP contribution in [0.2, 0.25) is 5.15 Å². The second kappa shape index (κ2) is 4.43. The van der Waals surface area contributed by atoms with E-state index in [-0.39, 0.29) is 20.9 Å². The highest BCUT2D eigenvalue weighted by atomic mass is 79.9. The second-order valence-corrected chi connectivity index (χ2v) is 4.13. The first-order valence-electron chi connectivity index (χ1n) is 4.21. The van der Waals surface area contributed by atoms with Gasteiger partial charge < -0.3 is 0 Å². The summed E-state index contributed by atoms with van der Waals surface area (Å²) >= 11 is 8.70. The number of halogens is 4. The Hall–Kier alpha value is -1.07. The van der Waals surface area contributed by atoms with Gasteiger partial charge in [-0.15, -0.1) is 0 Å². The second-order valence-electron chi connectivity index (χ2n) is 2.91. The maximum absolute atomic E-state index is 13.7. The van der Waals surface area contributed by atoms with Crippen LogP contribution in [0.15, 0.2) is 29.0 Å². The van der Waals surface area contributed by atoms with Crippen molar-refractivity contribution in [3.05, 3.63) is 45.8 Å². The minimum absolute atomic E-state index is 0.0135. The molecule has 0 saturated carbocycles. The van der Waals surface area contributed by atoms with Crippen molar-refractivity contribution in [1.82, 2.24) is 9.97 Å². The van der Waals surface area contributed by atoms with E-state index in [9.17, 15) is 8.78 Å². The van der Waals surface area contributed by atoms with Crippen LogP contribution in [0.25, 0.3) is 11.3 Å². The molecule has 0 aliphatic carbocycles. The summed E-state index contributed by atoms with van der Waals surface area (Å²) in [6.45, 7) is 0. The summed E-state index contributed by atoms with van der Waals surface area (Å²) < 4.78 is 27.4. The quantitative estimate of drug-likeness (QED) is 0.748. The molecule has 0 N–H and O–H groups in total. The molecule has 1 aromatic heterocycles. The van der Waals surface area contributed by atoms with Crippen LogP contribution in [-0.2, 0) is 0 Å². The molecule has 2 aromatic rings. The Balaban J connectivity index is 2.74. The topological polar surface area (TPSA) is 25.8 Å². The molecule has 0 atom stereocenters. The van der Waals surface area contributed by atoms with E-state index >= 15 is 0 Å². The molecule has 82 valence electrons. The Kier molecular flexibility index (Phi) is 3.16. The summed E-state index contributed by atoms with van der Waals surface area (Å²) in [5.41, 5.74) is -0.298. The van der Waals surface area contributed by atoms with Crippen LogP contribution in [0.3, 0.4) is 0 Å². The van der Waals surface area contributed by atoms with Gasteiger partial charge in [0.25, 0.3) is 0 Å². The molecule has 0 saturated heterocycles. The SMILES string of the molecule is Fc1ccc(Br)c(F)c1-c1nccnc1Cl. The van der Waals surface area contributed by atoms with Crippen molar-refractivity contribution >= 4 is 27.5 Å². The van der Waals surface area contributed by atoms with Crippen LogP contribution in [-0.4, -0.2) is 9.97 Å². The average molecular weight is 306 g/mol. The van der Waals surface area contributed by atoms with E-state index in [1.54, 1.807) is 0 Å². The van der Waals surface area contributed by atoms with Gasteiger partial charge >= 0.3 is 0 Å². The van der Waals surface area contributed by atoms with Crippen molar-refractivity contribution in [3.8, 4) is 11.3 Å². The summed E-state index contributed by atoms with van der Waals surface area (Å²) in [6.07, 6.45) is 2.67. The van der Waals surface area contributed by atoms with Gasteiger partial charge in [-0.2, -0.15) is 0 Å². The molecule has 0 radical (unpaired) electrons. The predicted molar refractivity (Wildman–Crippen MR) is 60.1 cm³/mol. The number of hydrogen-bond acceptors (Lipinski definition) is 2. The Labute approximate surface area is 103 Å². The van der Waals surface area contributed by atoms with Crippen molar-refractivity contribution in [3.63, 3.8) is 0 Å². The molecular weight excluding hydrogens is 301 g/mol. The molecule has 1 heterocycles. The minimum Gasteiger partial charge on any atom is -0.251 e. The predicted octanol–water partition coefficient (Wildman–Crippen LogP) is 3.84. The summed E-state index contributed by atoms with van der Waals surface area (Å²) in [4.78, 5) is 7.54.